The van der Waals surface area contributed by atoms with Crippen LogP contribution in [0.1, 0.15) is 16.8 Å². The van der Waals surface area contributed by atoms with Crippen molar-refractivity contribution in [1.82, 2.24) is 5.32 Å². The molecule has 1 heterocycles. The molecule has 1 amide bonds. The largest absolute Gasteiger partial charge is 0.391 e. The SMILES string of the molecule is CNC(=O)c1ccc([N+](=O)[O-])c(N2CC[C@H](O)C2)c1. The molecule has 1 aliphatic rings. The Labute approximate surface area is 110 Å². The summed E-state index contributed by atoms with van der Waals surface area (Å²) in [6, 6.07) is 4.24. The number of nitrogens with zero attached hydrogens (tertiary/aromatic N) is 2. The predicted octanol–water partition coefficient (Wildman–Crippen LogP) is 0.525. The fourth-order valence-corrected chi connectivity index (χ4v) is 2.18. The Bertz CT molecular complexity index is 518. The number of benzene rings is 1. The van der Waals surface area contributed by atoms with Crippen LogP contribution >= 0.6 is 0 Å². The molecule has 1 aliphatic heterocycles. The first-order chi connectivity index (χ1) is 9.02. The molecule has 1 aromatic rings. The minimum atomic E-state index is -0.483. The van der Waals surface area contributed by atoms with Gasteiger partial charge in [-0.3, -0.25) is 14.9 Å². The van der Waals surface area contributed by atoms with Crippen molar-refractivity contribution >= 4 is 17.3 Å². The van der Waals surface area contributed by atoms with E-state index in [0.717, 1.165) is 0 Å². The quantitative estimate of drug-likeness (QED) is 0.613. The van der Waals surface area contributed by atoms with Gasteiger partial charge in [0.2, 0.25) is 0 Å². The van der Waals surface area contributed by atoms with Crippen LogP contribution in [0.2, 0.25) is 0 Å². The molecule has 2 rings (SSSR count). The minimum Gasteiger partial charge on any atom is -0.391 e. The molecular formula is C12H15N3O4. The molecule has 7 heteroatoms. The molecule has 7 nitrogen and oxygen atoms in total. The van der Waals surface area contributed by atoms with E-state index in [9.17, 15) is 20.0 Å². The Morgan fingerprint density at radius 2 is 2.32 bits per heavy atom. The van der Waals surface area contributed by atoms with Gasteiger partial charge in [0.1, 0.15) is 5.69 Å². The van der Waals surface area contributed by atoms with Crippen LogP contribution in [0.25, 0.3) is 0 Å². The van der Waals surface area contributed by atoms with Gasteiger partial charge in [0.25, 0.3) is 11.6 Å². The number of hydrogen-bond donors (Lipinski definition) is 2. The molecule has 1 atom stereocenters. The van der Waals surface area contributed by atoms with Gasteiger partial charge in [-0.05, 0) is 18.6 Å². The van der Waals surface area contributed by atoms with Crippen LogP contribution in [0.3, 0.4) is 0 Å². The van der Waals surface area contributed by atoms with E-state index in [1.54, 1.807) is 4.90 Å². The van der Waals surface area contributed by atoms with Gasteiger partial charge in [-0.2, -0.15) is 0 Å². The van der Waals surface area contributed by atoms with Gasteiger partial charge in [-0.1, -0.05) is 0 Å². The zero-order valence-corrected chi connectivity index (χ0v) is 10.5. The van der Waals surface area contributed by atoms with Gasteiger partial charge in [-0.15, -0.1) is 0 Å². The zero-order chi connectivity index (χ0) is 14.0. The molecule has 0 aromatic heterocycles. The summed E-state index contributed by atoms with van der Waals surface area (Å²) in [5.74, 6) is -0.295. The van der Waals surface area contributed by atoms with E-state index in [1.165, 1.54) is 25.2 Å². The average molecular weight is 265 g/mol. The van der Waals surface area contributed by atoms with Gasteiger partial charge in [-0.25, -0.2) is 0 Å². The van der Waals surface area contributed by atoms with Crippen molar-refractivity contribution in [2.45, 2.75) is 12.5 Å². The van der Waals surface area contributed by atoms with Gasteiger partial charge in [0, 0.05) is 31.8 Å². The number of nitrogens with one attached hydrogen (secondary N) is 1. The number of carbonyl (C=O) groups excluding carboxylic acids is 1. The summed E-state index contributed by atoms with van der Waals surface area (Å²) < 4.78 is 0. The number of nitro groups is 1. The van der Waals surface area contributed by atoms with Crippen LogP contribution in [0.5, 0.6) is 0 Å². The summed E-state index contributed by atoms with van der Waals surface area (Å²) in [6.07, 6.45) is 0.0877. The van der Waals surface area contributed by atoms with Gasteiger partial charge in [0.05, 0.1) is 11.0 Å². The molecule has 2 N–H and O–H groups in total. The number of aliphatic hydroxyl groups is 1. The first kappa shape index (κ1) is 13.3. The fraction of sp³-hybridized carbons (Fsp3) is 0.417. The highest BCUT2D eigenvalue weighted by Crippen LogP contribution is 2.31. The van der Waals surface area contributed by atoms with E-state index in [2.05, 4.69) is 5.32 Å². The molecule has 102 valence electrons. The Morgan fingerprint density at radius 3 is 2.84 bits per heavy atom. The highest BCUT2D eigenvalue weighted by Gasteiger charge is 2.27. The van der Waals surface area contributed by atoms with Crippen molar-refractivity contribution < 1.29 is 14.8 Å². The predicted molar refractivity (Wildman–Crippen MR) is 69.3 cm³/mol. The molecule has 0 spiro atoms. The Morgan fingerprint density at radius 1 is 1.58 bits per heavy atom. The number of aliphatic hydroxyl groups excluding tert-OH is 1. The van der Waals surface area contributed by atoms with E-state index in [1.807, 2.05) is 0 Å². The van der Waals surface area contributed by atoms with Gasteiger partial charge >= 0.3 is 0 Å². The third-order valence-electron chi connectivity index (χ3n) is 3.17. The first-order valence-corrected chi connectivity index (χ1v) is 5.96. The normalized spacial score (nSPS) is 18.4. The maximum atomic E-state index is 11.6. The fourth-order valence-electron chi connectivity index (χ4n) is 2.18. The molecule has 0 saturated carbocycles. The summed E-state index contributed by atoms with van der Waals surface area (Å²) in [5.41, 5.74) is 0.689. The monoisotopic (exact) mass is 265 g/mol. The van der Waals surface area contributed by atoms with Crippen molar-refractivity contribution in [1.29, 1.82) is 0 Å². The van der Waals surface area contributed by atoms with Crippen LogP contribution in [0, 0.1) is 10.1 Å². The van der Waals surface area contributed by atoms with Crippen molar-refractivity contribution in [3.63, 3.8) is 0 Å². The van der Waals surface area contributed by atoms with Crippen LogP contribution < -0.4 is 10.2 Å². The lowest BCUT2D eigenvalue weighted by Gasteiger charge is -2.18. The van der Waals surface area contributed by atoms with Crippen LogP contribution in [-0.2, 0) is 0 Å². The molecule has 1 aromatic carbocycles. The van der Waals surface area contributed by atoms with E-state index in [4.69, 9.17) is 0 Å². The van der Waals surface area contributed by atoms with Gasteiger partial charge < -0.3 is 15.3 Å². The molecule has 0 radical (unpaired) electrons. The summed E-state index contributed by atoms with van der Waals surface area (Å²) in [7, 11) is 1.50. The molecule has 1 fully saturated rings. The lowest BCUT2D eigenvalue weighted by atomic mass is 10.1. The third-order valence-corrected chi connectivity index (χ3v) is 3.17. The van der Waals surface area contributed by atoms with Crippen molar-refractivity contribution in [2.75, 3.05) is 25.0 Å². The standard InChI is InChI=1S/C12H15N3O4/c1-13-12(17)8-2-3-10(15(18)19)11(6-8)14-5-4-9(16)7-14/h2-3,6,9,16H,4-5,7H2,1H3,(H,13,17)/t9-/m0/s1. The van der Waals surface area contributed by atoms with Crippen LogP contribution in [0.4, 0.5) is 11.4 Å². The van der Waals surface area contributed by atoms with Crippen LogP contribution in [0.15, 0.2) is 18.2 Å². The molecular weight excluding hydrogens is 250 g/mol. The molecule has 0 aliphatic carbocycles. The average Bonchev–Trinajstić information content (AvgIpc) is 2.83. The summed E-state index contributed by atoms with van der Waals surface area (Å²) in [5, 5.41) is 23.0. The Balaban J connectivity index is 2.42. The number of rotatable bonds is 3. The maximum absolute atomic E-state index is 11.6. The first-order valence-electron chi connectivity index (χ1n) is 5.96. The Hall–Kier alpha value is -2.15. The minimum absolute atomic E-state index is 0.0539. The number of carbonyl (C=O) groups is 1. The summed E-state index contributed by atoms with van der Waals surface area (Å²) in [4.78, 5) is 23.9. The Kier molecular flexibility index (Phi) is 3.66. The maximum Gasteiger partial charge on any atom is 0.292 e. The number of hydrogen-bond acceptors (Lipinski definition) is 5. The molecule has 0 unspecified atom stereocenters. The second-order valence-corrected chi connectivity index (χ2v) is 4.43. The highest BCUT2D eigenvalue weighted by atomic mass is 16.6. The van der Waals surface area contributed by atoms with Crippen LogP contribution in [-0.4, -0.2) is 42.2 Å². The molecule has 0 bridgehead atoms. The van der Waals surface area contributed by atoms with Gasteiger partial charge in [0.15, 0.2) is 0 Å². The zero-order valence-electron chi connectivity index (χ0n) is 10.5. The van der Waals surface area contributed by atoms with E-state index < -0.39 is 11.0 Å². The number of anilines is 1. The van der Waals surface area contributed by atoms with E-state index in [0.29, 0.717) is 30.8 Å². The van der Waals surface area contributed by atoms with E-state index in [-0.39, 0.29) is 11.6 Å². The second-order valence-electron chi connectivity index (χ2n) is 4.43. The lowest BCUT2D eigenvalue weighted by molar-refractivity contribution is -0.384. The summed E-state index contributed by atoms with van der Waals surface area (Å²) >= 11 is 0. The molecule has 19 heavy (non-hydrogen) atoms. The number of amides is 1. The smallest absolute Gasteiger partial charge is 0.292 e. The highest BCUT2D eigenvalue weighted by molar-refractivity contribution is 5.95. The number of β-amino-alcohol motifs (C(OH)–C–C–N with tert-alkyl or cyclic N) is 1. The lowest BCUT2D eigenvalue weighted by Crippen LogP contribution is -2.23. The number of nitro benzene ring substituents is 1. The van der Waals surface area contributed by atoms with Crippen molar-refractivity contribution in [3.05, 3.63) is 33.9 Å². The van der Waals surface area contributed by atoms with Crippen molar-refractivity contribution in [3.8, 4) is 0 Å². The van der Waals surface area contributed by atoms with E-state index >= 15 is 0 Å². The topological polar surface area (TPSA) is 95.7 Å². The van der Waals surface area contributed by atoms with Crippen molar-refractivity contribution in [2.24, 2.45) is 0 Å². The second kappa shape index (κ2) is 5.23. The third kappa shape index (κ3) is 2.65. The molecule has 1 saturated heterocycles. The summed E-state index contributed by atoms with van der Waals surface area (Å²) in [6.45, 7) is 0.886.